The average molecular weight is 366 g/mol. The maximum Gasteiger partial charge on any atom is 0.185 e. The van der Waals surface area contributed by atoms with Gasteiger partial charge >= 0.3 is 0 Å². The molecule has 2 aromatic heterocycles. The molecular formula is C17H23N3O2S2. The molecule has 2 fully saturated rings. The van der Waals surface area contributed by atoms with Gasteiger partial charge in [0.05, 0.1) is 17.2 Å². The molecular weight excluding hydrogens is 342 g/mol. The van der Waals surface area contributed by atoms with Crippen LogP contribution in [-0.2, 0) is 9.84 Å². The van der Waals surface area contributed by atoms with Gasteiger partial charge in [-0.05, 0) is 39.2 Å². The van der Waals surface area contributed by atoms with Crippen molar-refractivity contribution in [3.63, 3.8) is 0 Å². The predicted molar refractivity (Wildman–Crippen MR) is 98.8 cm³/mol. The third-order valence-electron chi connectivity index (χ3n) is 5.20. The van der Waals surface area contributed by atoms with Crippen LogP contribution in [0.4, 0.5) is 5.13 Å². The van der Waals surface area contributed by atoms with Crippen LogP contribution in [0.1, 0.15) is 36.7 Å². The lowest BCUT2D eigenvalue weighted by Crippen LogP contribution is -2.17. The van der Waals surface area contributed by atoms with E-state index in [0.29, 0.717) is 12.2 Å². The molecule has 0 radical (unpaired) electrons. The van der Waals surface area contributed by atoms with E-state index < -0.39 is 9.84 Å². The zero-order chi connectivity index (χ0) is 16.9. The number of hydrogen-bond acceptors (Lipinski definition) is 5. The summed E-state index contributed by atoms with van der Waals surface area (Å²) < 4.78 is 25.9. The Labute approximate surface area is 147 Å². The highest BCUT2D eigenvalue weighted by atomic mass is 32.2. The fraction of sp³-hybridized carbons (Fsp3) is 0.588. The van der Waals surface area contributed by atoms with E-state index >= 15 is 0 Å². The molecule has 0 aromatic carbocycles. The van der Waals surface area contributed by atoms with Gasteiger partial charge in [0.2, 0.25) is 0 Å². The fourth-order valence-corrected chi connectivity index (χ4v) is 6.60. The first-order chi connectivity index (χ1) is 11.4. The molecule has 130 valence electrons. The van der Waals surface area contributed by atoms with E-state index in [1.807, 2.05) is 0 Å². The maximum absolute atomic E-state index is 11.8. The van der Waals surface area contributed by atoms with E-state index in [0.717, 1.165) is 40.9 Å². The van der Waals surface area contributed by atoms with Crippen molar-refractivity contribution >= 4 is 26.3 Å². The molecule has 5 nitrogen and oxygen atoms in total. The van der Waals surface area contributed by atoms with Crippen molar-refractivity contribution in [1.82, 2.24) is 9.55 Å². The lowest BCUT2D eigenvalue weighted by molar-refractivity contribution is 0.536. The van der Waals surface area contributed by atoms with Crippen LogP contribution in [0.2, 0.25) is 0 Å². The molecule has 0 aliphatic carbocycles. The molecule has 2 aliphatic rings. The average Bonchev–Trinajstić information content (AvgIpc) is 3.26. The fourth-order valence-electron chi connectivity index (χ4n) is 4.02. The Morgan fingerprint density at radius 1 is 1.25 bits per heavy atom. The molecule has 2 saturated heterocycles. The second-order valence-electron chi connectivity index (χ2n) is 6.92. The summed E-state index contributed by atoms with van der Waals surface area (Å²) in [5.74, 6) is 0.568. The van der Waals surface area contributed by atoms with Gasteiger partial charge in [0.1, 0.15) is 0 Å². The van der Waals surface area contributed by atoms with Crippen molar-refractivity contribution in [2.75, 3.05) is 29.5 Å². The van der Waals surface area contributed by atoms with Gasteiger partial charge in [-0.15, -0.1) is 11.3 Å². The summed E-state index contributed by atoms with van der Waals surface area (Å²) in [7, 11) is -2.88. The zero-order valence-electron chi connectivity index (χ0n) is 14.2. The standard InChI is InChI=1S/C17H23N3O2S2/c1-12-9-15(13(2)20(12)14-5-8-24(21,22)11-14)16-10-23-17(18-16)19-6-3-4-7-19/h9-10,14H,3-8,11H2,1-2H3/t14-/m0/s1. The number of rotatable bonds is 3. The normalized spacial score (nSPS) is 23.2. The van der Waals surface area contributed by atoms with Gasteiger partial charge < -0.3 is 9.47 Å². The molecule has 7 heteroatoms. The summed E-state index contributed by atoms with van der Waals surface area (Å²) >= 11 is 1.71. The monoisotopic (exact) mass is 365 g/mol. The Balaban J connectivity index is 1.66. The predicted octanol–water partition coefficient (Wildman–Crippen LogP) is 3.19. The van der Waals surface area contributed by atoms with Gasteiger partial charge in [0.25, 0.3) is 0 Å². The third-order valence-corrected chi connectivity index (χ3v) is 7.85. The molecule has 0 unspecified atom stereocenters. The lowest BCUT2D eigenvalue weighted by atomic mass is 10.2. The number of nitrogens with zero attached hydrogens (tertiary/aromatic N) is 3. The summed E-state index contributed by atoms with van der Waals surface area (Å²) in [6.07, 6.45) is 3.22. The summed E-state index contributed by atoms with van der Waals surface area (Å²) in [6, 6.07) is 2.23. The third kappa shape index (κ3) is 2.77. The van der Waals surface area contributed by atoms with Crippen LogP contribution in [0.3, 0.4) is 0 Å². The van der Waals surface area contributed by atoms with Crippen LogP contribution in [0.25, 0.3) is 11.3 Å². The first kappa shape index (κ1) is 16.1. The second kappa shape index (κ2) is 5.88. The number of hydrogen-bond donors (Lipinski definition) is 0. The van der Waals surface area contributed by atoms with Crippen molar-refractivity contribution in [3.8, 4) is 11.3 Å². The van der Waals surface area contributed by atoms with E-state index in [4.69, 9.17) is 4.98 Å². The number of sulfone groups is 1. The maximum atomic E-state index is 11.8. The van der Waals surface area contributed by atoms with Crippen LogP contribution in [0.15, 0.2) is 11.4 Å². The molecule has 0 bridgehead atoms. The van der Waals surface area contributed by atoms with E-state index in [1.165, 1.54) is 12.8 Å². The van der Waals surface area contributed by atoms with Gasteiger partial charge in [0, 0.05) is 41.5 Å². The van der Waals surface area contributed by atoms with E-state index in [-0.39, 0.29) is 11.8 Å². The Kier molecular flexibility index (Phi) is 3.95. The highest BCUT2D eigenvalue weighted by Crippen LogP contribution is 2.35. The van der Waals surface area contributed by atoms with Crippen LogP contribution in [-0.4, -0.2) is 42.6 Å². The smallest absolute Gasteiger partial charge is 0.185 e. The Hall–Kier alpha value is -1.34. The van der Waals surface area contributed by atoms with Crippen molar-refractivity contribution in [3.05, 3.63) is 22.8 Å². The number of aromatic nitrogens is 2. The summed E-state index contributed by atoms with van der Waals surface area (Å²) in [6.45, 7) is 6.36. The van der Waals surface area contributed by atoms with Crippen LogP contribution >= 0.6 is 11.3 Å². The highest BCUT2D eigenvalue weighted by Gasteiger charge is 2.31. The van der Waals surface area contributed by atoms with Gasteiger partial charge in [-0.3, -0.25) is 0 Å². The van der Waals surface area contributed by atoms with Crippen LogP contribution in [0, 0.1) is 13.8 Å². The Bertz CT molecular complexity index is 861. The SMILES string of the molecule is Cc1cc(-c2csc(N3CCCC3)n2)c(C)n1[C@H]1CCS(=O)(=O)C1. The quantitative estimate of drug-likeness (QED) is 0.838. The van der Waals surface area contributed by atoms with Gasteiger partial charge in [0.15, 0.2) is 15.0 Å². The molecule has 24 heavy (non-hydrogen) atoms. The highest BCUT2D eigenvalue weighted by molar-refractivity contribution is 7.91. The number of aryl methyl sites for hydroxylation is 1. The van der Waals surface area contributed by atoms with Crippen LogP contribution in [0.5, 0.6) is 0 Å². The molecule has 0 amide bonds. The van der Waals surface area contributed by atoms with Crippen LogP contribution < -0.4 is 4.90 Å². The van der Waals surface area contributed by atoms with E-state index in [9.17, 15) is 8.42 Å². The number of thiazole rings is 1. The molecule has 2 aromatic rings. The molecule has 0 spiro atoms. The Morgan fingerprint density at radius 2 is 2.00 bits per heavy atom. The minimum atomic E-state index is -2.88. The first-order valence-electron chi connectivity index (χ1n) is 8.54. The molecule has 0 saturated carbocycles. The van der Waals surface area contributed by atoms with Crippen molar-refractivity contribution < 1.29 is 8.42 Å². The van der Waals surface area contributed by atoms with E-state index in [2.05, 4.69) is 34.8 Å². The summed E-state index contributed by atoms with van der Waals surface area (Å²) in [5.41, 5.74) is 4.41. The van der Waals surface area contributed by atoms with Gasteiger partial charge in [-0.1, -0.05) is 0 Å². The van der Waals surface area contributed by atoms with Gasteiger partial charge in [-0.2, -0.15) is 0 Å². The molecule has 4 rings (SSSR count). The van der Waals surface area contributed by atoms with Crippen molar-refractivity contribution in [2.24, 2.45) is 0 Å². The first-order valence-corrected chi connectivity index (χ1v) is 11.2. The topological polar surface area (TPSA) is 55.2 Å². The summed E-state index contributed by atoms with van der Waals surface area (Å²) in [4.78, 5) is 7.20. The summed E-state index contributed by atoms with van der Waals surface area (Å²) in [5, 5.41) is 3.24. The van der Waals surface area contributed by atoms with Gasteiger partial charge in [-0.25, -0.2) is 13.4 Å². The minimum Gasteiger partial charge on any atom is -0.348 e. The largest absolute Gasteiger partial charge is 0.348 e. The molecule has 1 atom stereocenters. The minimum absolute atomic E-state index is 0.0699. The molecule has 0 N–H and O–H groups in total. The Morgan fingerprint density at radius 3 is 2.67 bits per heavy atom. The van der Waals surface area contributed by atoms with Crippen molar-refractivity contribution in [2.45, 2.75) is 39.2 Å². The number of anilines is 1. The lowest BCUT2D eigenvalue weighted by Gasteiger charge is -2.16. The van der Waals surface area contributed by atoms with Crippen molar-refractivity contribution in [1.29, 1.82) is 0 Å². The van der Waals surface area contributed by atoms with E-state index in [1.54, 1.807) is 11.3 Å². The molecule has 2 aliphatic heterocycles. The second-order valence-corrected chi connectivity index (χ2v) is 9.99. The zero-order valence-corrected chi connectivity index (χ0v) is 15.8. The molecule has 4 heterocycles.